The molecular formula is C26H31FN4O3S. The molecule has 2 aromatic carbocycles. The van der Waals surface area contributed by atoms with Crippen molar-refractivity contribution >= 4 is 33.2 Å². The maximum Gasteiger partial charge on any atom is 0.240 e. The van der Waals surface area contributed by atoms with Crippen molar-refractivity contribution in [1.29, 1.82) is 0 Å². The van der Waals surface area contributed by atoms with Gasteiger partial charge in [-0.25, -0.2) is 17.5 Å². The molecule has 1 fully saturated rings. The number of nitrogens with zero attached hydrogens (tertiary/aromatic N) is 1. The van der Waals surface area contributed by atoms with Gasteiger partial charge in [0.15, 0.2) is 0 Å². The predicted molar refractivity (Wildman–Crippen MR) is 136 cm³/mol. The lowest BCUT2D eigenvalue weighted by Gasteiger charge is -2.27. The van der Waals surface area contributed by atoms with Crippen LogP contribution < -0.4 is 15.4 Å². The van der Waals surface area contributed by atoms with Crippen LogP contribution in [0.3, 0.4) is 0 Å². The largest absolute Gasteiger partial charge is 0.355 e. The van der Waals surface area contributed by atoms with E-state index in [9.17, 15) is 17.6 Å². The second-order valence-corrected chi connectivity index (χ2v) is 10.6. The Morgan fingerprint density at radius 2 is 1.83 bits per heavy atom. The van der Waals surface area contributed by atoms with Crippen molar-refractivity contribution in [3.63, 3.8) is 0 Å². The maximum atomic E-state index is 14.1. The lowest BCUT2D eigenvalue weighted by molar-refractivity contribution is -0.120. The quantitative estimate of drug-likeness (QED) is 0.520. The Labute approximate surface area is 206 Å². The summed E-state index contributed by atoms with van der Waals surface area (Å²) in [6, 6.07) is 11.2. The summed E-state index contributed by atoms with van der Waals surface area (Å²) in [5, 5.41) is 6.32. The summed E-state index contributed by atoms with van der Waals surface area (Å²) in [4.78, 5) is 15.3. The standard InChI is InChI=1S/C26H31FN4O3S/c1-18-23(15-19-3-6-21(7-4-19)35(33,34)28-2)22-8-5-20(27)16-25(22)24(18)17-26(32)30-11-14-31-12-9-29-10-13-31/h3-8,15-16,28-29H,9-14,17H2,1-2H3,(H,30,32)/b23-15+. The van der Waals surface area contributed by atoms with Gasteiger partial charge in [-0.1, -0.05) is 18.2 Å². The van der Waals surface area contributed by atoms with Crippen LogP contribution in [0, 0.1) is 5.82 Å². The zero-order chi connectivity index (χ0) is 25.0. The summed E-state index contributed by atoms with van der Waals surface area (Å²) in [6.07, 6.45) is 2.11. The monoisotopic (exact) mass is 498 g/mol. The molecule has 1 heterocycles. The Balaban J connectivity index is 1.53. The molecule has 35 heavy (non-hydrogen) atoms. The van der Waals surface area contributed by atoms with Gasteiger partial charge in [0.25, 0.3) is 0 Å². The number of sulfonamides is 1. The van der Waals surface area contributed by atoms with E-state index in [1.807, 2.05) is 13.0 Å². The lowest BCUT2D eigenvalue weighted by Crippen LogP contribution is -2.46. The van der Waals surface area contributed by atoms with Gasteiger partial charge in [0, 0.05) is 39.3 Å². The van der Waals surface area contributed by atoms with Crippen molar-refractivity contribution in [3.8, 4) is 0 Å². The first-order valence-electron chi connectivity index (χ1n) is 11.7. The predicted octanol–water partition coefficient (Wildman–Crippen LogP) is 2.47. The van der Waals surface area contributed by atoms with Crippen molar-refractivity contribution in [1.82, 2.24) is 20.3 Å². The van der Waals surface area contributed by atoms with Gasteiger partial charge in [0.05, 0.1) is 11.3 Å². The van der Waals surface area contributed by atoms with E-state index in [-0.39, 0.29) is 23.0 Å². The minimum Gasteiger partial charge on any atom is -0.355 e. The third-order valence-corrected chi connectivity index (χ3v) is 7.95. The minimum absolute atomic E-state index is 0.0902. The molecule has 186 valence electrons. The summed E-state index contributed by atoms with van der Waals surface area (Å²) in [7, 11) is -2.14. The normalized spacial score (nSPS) is 17.6. The van der Waals surface area contributed by atoms with Crippen LogP contribution in [0.15, 0.2) is 52.9 Å². The Hall–Kier alpha value is -2.85. The molecule has 0 radical (unpaired) electrons. The number of carbonyl (C=O) groups is 1. The fourth-order valence-corrected chi connectivity index (χ4v) is 5.25. The van der Waals surface area contributed by atoms with E-state index in [4.69, 9.17) is 0 Å². The first-order valence-corrected chi connectivity index (χ1v) is 13.2. The molecule has 3 N–H and O–H groups in total. The number of rotatable bonds is 8. The number of benzene rings is 2. The van der Waals surface area contributed by atoms with Crippen LogP contribution in [0.1, 0.15) is 30.0 Å². The van der Waals surface area contributed by atoms with E-state index in [2.05, 4.69) is 20.3 Å². The molecule has 1 aliphatic carbocycles. The summed E-state index contributed by atoms with van der Waals surface area (Å²) in [6.45, 7) is 7.20. The second kappa shape index (κ2) is 10.8. The zero-order valence-corrected chi connectivity index (χ0v) is 20.8. The molecule has 0 aromatic heterocycles. The molecule has 4 rings (SSSR count). The van der Waals surface area contributed by atoms with E-state index in [1.54, 1.807) is 30.3 Å². The molecule has 0 spiro atoms. The van der Waals surface area contributed by atoms with Gasteiger partial charge < -0.3 is 10.6 Å². The number of allylic oxidation sites excluding steroid dienone is 2. The van der Waals surface area contributed by atoms with Gasteiger partial charge in [0.1, 0.15) is 5.82 Å². The number of amides is 1. The lowest BCUT2D eigenvalue weighted by atomic mass is 10.0. The highest BCUT2D eigenvalue weighted by Gasteiger charge is 2.26. The number of piperazine rings is 1. The van der Waals surface area contributed by atoms with E-state index >= 15 is 0 Å². The summed E-state index contributed by atoms with van der Waals surface area (Å²) in [5.74, 6) is -0.441. The third-order valence-electron chi connectivity index (χ3n) is 6.52. The van der Waals surface area contributed by atoms with Crippen LogP contribution in [0.5, 0.6) is 0 Å². The van der Waals surface area contributed by atoms with Gasteiger partial charge in [-0.3, -0.25) is 9.69 Å². The first kappa shape index (κ1) is 25.2. The van der Waals surface area contributed by atoms with Crippen LogP contribution in [0.2, 0.25) is 0 Å². The molecule has 1 amide bonds. The van der Waals surface area contributed by atoms with Crippen molar-refractivity contribution in [3.05, 3.63) is 70.5 Å². The summed E-state index contributed by atoms with van der Waals surface area (Å²) in [5.41, 5.74) is 5.01. The first-order chi connectivity index (χ1) is 16.8. The van der Waals surface area contributed by atoms with Crippen molar-refractivity contribution < 1.29 is 17.6 Å². The molecule has 7 nitrogen and oxygen atoms in total. The maximum absolute atomic E-state index is 14.1. The van der Waals surface area contributed by atoms with Gasteiger partial charge in [-0.2, -0.15) is 0 Å². The minimum atomic E-state index is -3.52. The zero-order valence-electron chi connectivity index (χ0n) is 20.0. The van der Waals surface area contributed by atoms with Gasteiger partial charge >= 0.3 is 0 Å². The molecule has 1 aliphatic heterocycles. The highest BCUT2D eigenvalue weighted by atomic mass is 32.2. The number of hydrogen-bond donors (Lipinski definition) is 3. The van der Waals surface area contributed by atoms with Crippen LogP contribution in [0.4, 0.5) is 4.39 Å². The van der Waals surface area contributed by atoms with E-state index in [1.165, 1.54) is 19.2 Å². The van der Waals surface area contributed by atoms with Crippen LogP contribution in [-0.4, -0.2) is 65.5 Å². The van der Waals surface area contributed by atoms with E-state index in [0.29, 0.717) is 6.54 Å². The number of carbonyl (C=O) groups excluding carboxylic acids is 1. The highest BCUT2D eigenvalue weighted by molar-refractivity contribution is 7.89. The second-order valence-electron chi connectivity index (χ2n) is 8.75. The number of hydrogen-bond acceptors (Lipinski definition) is 5. The average molecular weight is 499 g/mol. The SMILES string of the molecule is CNS(=O)(=O)c1ccc(/C=C2\C(C)=C(CC(=O)NCCN3CCNCC3)c3cc(F)ccc32)cc1. The molecule has 2 aliphatic rings. The van der Waals surface area contributed by atoms with E-state index in [0.717, 1.165) is 66.1 Å². The fourth-order valence-electron chi connectivity index (χ4n) is 4.52. The van der Waals surface area contributed by atoms with Crippen LogP contribution >= 0.6 is 0 Å². The molecular weight excluding hydrogens is 467 g/mol. The number of nitrogens with one attached hydrogen (secondary N) is 3. The highest BCUT2D eigenvalue weighted by Crippen LogP contribution is 2.43. The Kier molecular flexibility index (Phi) is 7.81. The number of fused-ring (bicyclic) bond motifs is 1. The molecule has 9 heteroatoms. The Morgan fingerprint density at radius 3 is 2.51 bits per heavy atom. The van der Waals surface area contributed by atoms with Crippen LogP contribution in [0.25, 0.3) is 17.2 Å². The van der Waals surface area contributed by atoms with Gasteiger partial charge in [0.2, 0.25) is 15.9 Å². The summed E-state index contributed by atoms with van der Waals surface area (Å²) < 4.78 is 40.4. The van der Waals surface area contributed by atoms with Crippen LogP contribution in [-0.2, 0) is 14.8 Å². The molecule has 1 saturated heterocycles. The molecule has 0 unspecified atom stereocenters. The average Bonchev–Trinajstić information content (AvgIpc) is 3.10. The molecule has 2 aromatic rings. The van der Waals surface area contributed by atoms with Crippen molar-refractivity contribution in [2.75, 3.05) is 46.3 Å². The van der Waals surface area contributed by atoms with Crippen molar-refractivity contribution in [2.45, 2.75) is 18.2 Å². The Morgan fingerprint density at radius 1 is 1.11 bits per heavy atom. The van der Waals surface area contributed by atoms with Gasteiger partial charge in [-0.15, -0.1) is 0 Å². The fraction of sp³-hybridized carbons (Fsp3) is 0.346. The number of halogens is 1. The van der Waals surface area contributed by atoms with Crippen molar-refractivity contribution in [2.24, 2.45) is 0 Å². The van der Waals surface area contributed by atoms with E-state index < -0.39 is 10.0 Å². The van der Waals surface area contributed by atoms with Gasteiger partial charge in [-0.05, 0) is 77.7 Å². The third kappa shape index (κ3) is 5.87. The summed E-state index contributed by atoms with van der Waals surface area (Å²) >= 11 is 0. The topological polar surface area (TPSA) is 90.5 Å². The molecule has 0 bridgehead atoms. The molecule has 0 atom stereocenters. The smallest absolute Gasteiger partial charge is 0.240 e. The molecule has 0 saturated carbocycles. The Bertz CT molecular complexity index is 1260.